The van der Waals surface area contributed by atoms with E-state index in [1.807, 2.05) is 13.8 Å². The molecule has 2 aromatic rings. The number of aryl methyl sites for hydroxylation is 2. The molecule has 0 aliphatic heterocycles. The molecular formula is C17H12N2O. The van der Waals surface area contributed by atoms with Gasteiger partial charge in [0.2, 0.25) is 0 Å². The average Bonchev–Trinajstić information content (AvgIpc) is 2.47. The van der Waals surface area contributed by atoms with Gasteiger partial charge in [-0.1, -0.05) is 30.3 Å². The monoisotopic (exact) mass is 260 g/mol. The van der Waals surface area contributed by atoms with Gasteiger partial charge in [-0.15, -0.1) is 0 Å². The molecule has 0 aromatic heterocycles. The van der Waals surface area contributed by atoms with Crippen molar-refractivity contribution in [2.45, 2.75) is 13.8 Å². The molecule has 0 saturated heterocycles. The van der Waals surface area contributed by atoms with Crippen molar-refractivity contribution in [1.82, 2.24) is 0 Å². The van der Waals surface area contributed by atoms with E-state index in [4.69, 9.17) is 13.1 Å². The topological polar surface area (TPSA) is 25.8 Å². The summed E-state index contributed by atoms with van der Waals surface area (Å²) in [7, 11) is 0. The zero-order valence-corrected chi connectivity index (χ0v) is 11.3. The largest absolute Gasteiger partial charge is 0.289 e. The van der Waals surface area contributed by atoms with E-state index in [1.165, 1.54) is 0 Å². The first-order valence-corrected chi connectivity index (χ1v) is 6.07. The molecule has 0 radical (unpaired) electrons. The van der Waals surface area contributed by atoms with Crippen molar-refractivity contribution in [2.24, 2.45) is 0 Å². The molecule has 3 nitrogen and oxygen atoms in total. The minimum absolute atomic E-state index is 0.130. The molecule has 0 amide bonds. The predicted molar refractivity (Wildman–Crippen MR) is 78.3 cm³/mol. The van der Waals surface area contributed by atoms with Crippen molar-refractivity contribution < 1.29 is 4.79 Å². The fraction of sp³-hybridized carbons (Fsp3) is 0.118. The third kappa shape index (κ3) is 2.43. The molecule has 3 heteroatoms. The minimum atomic E-state index is -0.130. The lowest BCUT2D eigenvalue weighted by atomic mass is 9.99. The van der Waals surface area contributed by atoms with Gasteiger partial charge in [0, 0.05) is 11.1 Å². The van der Waals surface area contributed by atoms with Gasteiger partial charge in [-0.2, -0.15) is 0 Å². The van der Waals surface area contributed by atoms with Crippen LogP contribution in [-0.4, -0.2) is 5.78 Å². The molecular weight excluding hydrogens is 248 g/mol. The van der Waals surface area contributed by atoms with Crippen LogP contribution in [0.25, 0.3) is 9.69 Å². The first-order chi connectivity index (χ1) is 9.56. The maximum Gasteiger partial charge on any atom is 0.191 e. The van der Waals surface area contributed by atoms with E-state index >= 15 is 0 Å². The summed E-state index contributed by atoms with van der Waals surface area (Å²) < 4.78 is 0. The highest BCUT2D eigenvalue weighted by molar-refractivity contribution is 6.09. The maximum atomic E-state index is 12.4. The molecule has 0 unspecified atom stereocenters. The molecule has 0 aliphatic rings. The Kier molecular flexibility index (Phi) is 3.64. The van der Waals surface area contributed by atoms with Crippen molar-refractivity contribution in [3.63, 3.8) is 0 Å². The van der Waals surface area contributed by atoms with Crippen LogP contribution >= 0.6 is 0 Å². The van der Waals surface area contributed by atoms with Crippen LogP contribution in [-0.2, 0) is 0 Å². The fourth-order valence-electron chi connectivity index (χ4n) is 1.96. The van der Waals surface area contributed by atoms with E-state index in [1.54, 1.807) is 36.4 Å². The summed E-state index contributed by atoms with van der Waals surface area (Å²) in [6, 6.07) is 10.1. The van der Waals surface area contributed by atoms with Gasteiger partial charge in [0.25, 0.3) is 0 Å². The number of ketones is 1. The molecule has 2 aromatic carbocycles. The predicted octanol–water partition coefficient (Wildman–Crippen LogP) is 4.64. The van der Waals surface area contributed by atoms with Crippen LogP contribution in [0.3, 0.4) is 0 Å². The number of benzene rings is 2. The normalized spacial score (nSPS) is 9.60. The Morgan fingerprint density at radius 1 is 0.850 bits per heavy atom. The van der Waals surface area contributed by atoms with Crippen LogP contribution < -0.4 is 0 Å². The summed E-state index contributed by atoms with van der Waals surface area (Å²) in [5, 5.41) is 0. The number of rotatable bonds is 2. The van der Waals surface area contributed by atoms with Gasteiger partial charge in [-0.3, -0.25) is 4.79 Å². The quantitative estimate of drug-likeness (QED) is 0.570. The number of hydrogen-bond donors (Lipinski definition) is 0. The van der Waals surface area contributed by atoms with Gasteiger partial charge < -0.3 is 0 Å². The number of hydrogen-bond acceptors (Lipinski definition) is 1. The van der Waals surface area contributed by atoms with E-state index in [2.05, 4.69) is 9.69 Å². The first kappa shape index (κ1) is 13.5. The standard InChI is InChI=1S/C17H12N2O/c1-11-5-6-14(10-16(11)19-4)17(20)13-7-8-15(18-3)12(2)9-13/h5-10H,1-2H3. The second-order valence-electron chi connectivity index (χ2n) is 4.56. The SMILES string of the molecule is [C-]#[N+]c1ccc(C(=O)c2ccc(C)c([N+]#[C-])c2)cc1C. The molecule has 0 heterocycles. The van der Waals surface area contributed by atoms with Crippen molar-refractivity contribution in [3.8, 4) is 0 Å². The summed E-state index contributed by atoms with van der Waals surface area (Å²) in [5.74, 6) is -0.130. The molecule has 0 fully saturated rings. The van der Waals surface area contributed by atoms with Crippen molar-refractivity contribution >= 4 is 17.2 Å². The lowest BCUT2D eigenvalue weighted by Crippen LogP contribution is -2.01. The van der Waals surface area contributed by atoms with Gasteiger partial charge in [0.05, 0.1) is 13.1 Å². The van der Waals surface area contributed by atoms with Crippen LogP contribution in [0.2, 0.25) is 0 Å². The zero-order chi connectivity index (χ0) is 14.7. The molecule has 0 bridgehead atoms. The van der Waals surface area contributed by atoms with Gasteiger partial charge in [-0.25, -0.2) is 9.69 Å². The number of nitrogens with zero attached hydrogens (tertiary/aromatic N) is 2. The van der Waals surface area contributed by atoms with E-state index in [0.717, 1.165) is 11.1 Å². The molecule has 20 heavy (non-hydrogen) atoms. The van der Waals surface area contributed by atoms with Crippen molar-refractivity contribution in [2.75, 3.05) is 0 Å². The Morgan fingerprint density at radius 3 is 2.05 bits per heavy atom. The highest BCUT2D eigenvalue weighted by Crippen LogP contribution is 2.24. The molecule has 0 spiro atoms. The van der Waals surface area contributed by atoms with Gasteiger partial charge in [0.1, 0.15) is 0 Å². The minimum Gasteiger partial charge on any atom is -0.289 e. The van der Waals surface area contributed by atoms with Crippen molar-refractivity contribution in [3.05, 3.63) is 81.5 Å². The van der Waals surface area contributed by atoms with Crippen LogP contribution in [0.4, 0.5) is 11.4 Å². The molecule has 2 rings (SSSR count). The van der Waals surface area contributed by atoms with E-state index in [-0.39, 0.29) is 5.78 Å². The third-order valence-corrected chi connectivity index (χ3v) is 3.17. The Hall–Kier alpha value is -2.91. The summed E-state index contributed by atoms with van der Waals surface area (Å²) >= 11 is 0. The highest BCUT2D eigenvalue weighted by atomic mass is 16.1. The Labute approximate surface area is 118 Å². The Balaban J connectivity index is 2.45. The summed E-state index contributed by atoms with van der Waals surface area (Å²) in [6.07, 6.45) is 0. The van der Waals surface area contributed by atoms with Gasteiger partial charge in [-0.05, 0) is 31.0 Å². The molecule has 0 N–H and O–H groups in total. The summed E-state index contributed by atoms with van der Waals surface area (Å²) in [6.45, 7) is 17.8. The zero-order valence-electron chi connectivity index (χ0n) is 11.3. The van der Waals surface area contributed by atoms with Gasteiger partial charge in [0.15, 0.2) is 17.2 Å². The lowest BCUT2D eigenvalue weighted by molar-refractivity contribution is 0.103. The average molecular weight is 260 g/mol. The number of carbonyl (C=O) groups is 1. The molecule has 96 valence electrons. The van der Waals surface area contributed by atoms with Crippen LogP contribution in [0.15, 0.2) is 36.4 Å². The Bertz CT molecular complexity index is 777. The first-order valence-electron chi connectivity index (χ1n) is 6.07. The second-order valence-corrected chi connectivity index (χ2v) is 4.56. The summed E-state index contributed by atoms with van der Waals surface area (Å²) in [5.41, 5.74) is 3.71. The Morgan fingerprint density at radius 2 is 1.45 bits per heavy atom. The summed E-state index contributed by atoms with van der Waals surface area (Å²) in [4.78, 5) is 19.2. The van der Waals surface area contributed by atoms with Crippen LogP contribution in [0.1, 0.15) is 27.0 Å². The lowest BCUT2D eigenvalue weighted by Gasteiger charge is -2.05. The van der Waals surface area contributed by atoms with Crippen LogP contribution in [0, 0.1) is 27.0 Å². The van der Waals surface area contributed by atoms with E-state index in [0.29, 0.717) is 22.5 Å². The van der Waals surface area contributed by atoms with E-state index < -0.39 is 0 Å². The maximum absolute atomic E-state index is 12.4. The number of carbonyl (C=O) groups excluding carboxylic acids is 1. The van der Waals surface area contributed by atoms with Gasteiger partial charge >= 0.3 is 0 Å². The molecule has 0 atom stereocenters. The highest BCUT2D eigenvalue weighted by Gasteiger charge is 2.12. The van der Waals surface area contributed by atoms with Crippen molar-refractivity contribution in [1.29, 1.82) is 0 Å². The fourth-order valence-corrected chi connectivity index (χ4v) is 1.96. The smallest absolute Gasteiger partial charge is 0.191 e. The van der Waals surface area contributed by atoms with Crippen LogP contribution in [0.5, 0.6) is 0 Å². The molecule has 0 aliphatic carbocycles. The second kappa shape index (κ2) is 5.38. The van der Waals surface area contributed by atoms with E-state index in [9.17, 15) is 4.79 Å². The third-order valence-electron chi connectivity index (χ3n) is 3.17. The molecule has 0 saturated carbocycles.